The minimum absolute atomic E-state index is 0.416. The molecule has 0 saturated heterocycles. The van der Waals surface area contributed by atoms with E-state index >= 15 is 0 Å². The normalized spacial score (nSPS) is 28.6. The summed E-state index contributed by atoms with van der Waals surface area (Å²) in [6, 6.07) is 9.37. The largest absolute Gasteiger partial charge is 0.399 e. The van der Waals surface area contributed by atoms with E-state index < -0.39 is 0 Å². The van der Waals surface area contributed by atoms with Crippen molar-refractivity contribution in [2.45, 2.75) is 56.9 Å². The predicted octanol–water partition coefficient (Wildman–Crippen LogP) is 3.81. The molecule has 2 unspecified atom stereocenters. The Morgan fingerprint density at radius 2 is 1.80 bits per heavy atom. The van der Waals surface area contributed by atoms with Crippen molar-refractivity contribution in [2.24, 2.45) is 5.92 Å². The molecule has 2 saturated carbocycles. The molecule has 20 heavy (non-hydrogen) atoms. The van der Waals surface area contributed by atoms with Gasteiger partial charge in [0.25, 0.3) is 0 Å². The van der Waals surface area contributed by atoms with Crippen LogP contribution >= 0.6 is 0 Å². The summed E-state index contributed by atoms with van der Waals surface area (Å²) in [5.74, 6) is 0.857. The van der Waals surface area contributed by atoms with Gasteiger partial charge in [-0.15, -0.1) is 0 Å². The van der Waals surface area contributed by atoms with Crippen molar-refractivity contribution >= 4 is 5.69 Å². The number of nitrogen functional groups attached to an aromatic ring is 1. The van der Waals surface area contributed by atoms with Crippen LogP contribution in [0.25, 0.3) is 0 Å². The van der Waals surface area contributed by atoms with Crippen LogP contribution in [0, 0.1) is 5.92 Å². The third-order valence-corrected chi connectivity index (χ3v) is 5.56. The van der Waals surface area contributed by atoms with E-state index in [4.69, 9.17) is 5.73 Å². The highest BCUT2D eigenvalue weighted by molar-refractivity contribution is 5.43. The molecule has 2 fully saturated rings. The quantitative estimate of drug-likeness (QED) is 0.845. The first kappa shape index (κ1) is 13.9. The van der Waals surface area contributed by atoms with E-state index in [0.717, 1.165) is 17.6 Å². The monoisotopic (exact) mass is 272 g/mol. The first-order chi connectivity index (χ1) is 9.61. The highest BCUT2D eigenvalue weighted by Crippen LogP contribution is 2.49. The van der Waals surface area contributed by atoms with Crippen molar-refractivity contribution < 1.29 is 0 Å². The maximum atomic E-state index is 5.82. The fraction of sp³-hybridized carbons (Fsp3) is 0.667. The number of nitrogens with two attached hydrogens (primary N) is 1. The third kappa shape index (κ3) is 2.71. The second-order valence-corrected chi connectivity index (χ2v) is 7.15. The van der Waals surface area contributed by atoms with Crippen LogP contribution in [0.2, 0.25) is 0 Å². The van der Waals surface area contributed by atoms with Crippen molar-refractivity contribution in [3.63, 3.8) is 0 Å². The van der Waals surface area contributed by atoms with Gasteiger partial charge < -0.3 is 10.6 Å². The van der Waals surface area contributed by atoms with E-state index in [-0.39, 0.29) is 0 Å². The van der Waals surface area contributed by atoms with Crippen molar-refractivity contribution in [2.75, 3.05) is 19.3 Å². The summed E-state index contributed by atoms with van der Waals surface area (Å²) in [5.41, 5.74) is 8.59. The fourth-order valence-corrected chi connectivity index (χ4v) is 4.07. The highest BCUT2D eigenvalue weighted by Gasteiger charge is 2.45. The Kier molecular flexibility index (Phi) is 3.76. The molecule has 2 N–H and O–H groups in total. The fourth-order valence-electron chi connectivity index (χ4n) is 4.07. The Morgan fingerprint density at radius 3 is 2.40 bits per heavy atom. The Hall–Kier alpha value is -1.02. The lowest BCUT2D eigenvalue weighted by atomic mass is 9.84. The number of hydrogen-bond acceptors (Lipinski definition) is 2. The van der Waals surface area contributed by atoms with E-state index in [1.54, 1.807) is 0 Å². The number of benzene rings is 1. The van der Waals surface area contributed by atoms with Gasteiger partial charge >= 0.3 is 0 Å². The Bertz CT molecular complexity index is 447. The van der Waals surface area contributed by atoms with Crippen LogP contribution < -0.4 is 5.73 Å². The topological polar surface area (TPSA) is 29.3 Å². The lowest BCUT2D eigenvalue weighted by Crippen LogP contribution is -2.42. The molecule has 1 aromatic rings. The number of hydrogen-bond donors (Lipinski definition) is 1. The summed E-state index contributed by atoms with van der Waals surface area (Å²) >= 11 is 0. The van der Waals surface area contributed by atoms with Crippen LogP contribution in [0.5, 0.6) is 0 Å². The molecule has 0 aromatic heterocycles. The number of rotatable bonds is 4. The molecule has 2 atom stereocenters. The lowest BCUT2D eigenvalue weighted by molar-refractivity contribution is 0.129. The van der Waals surface area contributed by atoms with Gasteiger partial charge in [0.05, 0.1) is 0 Å². The molecule has 2 aliphatic carbocycles. The molecule has 3 rings (SSSR count). The van der Waals surface area contributed by atoms with Gasteiger partial charge in [-0.1, -0.05) is 31.9 Å². The molecule has 0 radical (unpaired) electrons. The zero-order chi connectivity index (χ0) is 14.2. The SMILES string of the molecule is CC1CCCCC1N(C)CC1(c2ccc(N)cc2)CC1. The Labute approximate surface area is 123 Å². The van der Waals surface area contributed by atoms with Gasteiger partial charge in [-0.05, 0) is 56.3 Å². The summed E-state index contributed by atoms with van der Waals surface area (Å²) < 4.78 is 0. The van der Waals surface area contributed by atoms with Crippen LogP contribution in [-0.4, -0.2) is 24.5 Å². The molecular weight excluding hydrogens is 244 g/mol. The van der Waals surface area contributed by atoms with Crippen LogP contribution in [-0.2, 0) is 5.41 Å². The number of anilines is 1. The van der Waals surface area contributed by atoms with Gasteiger partial charge in [0.15, 0.2) is 0 Å². The van der Waals surface area contributed by atoms with E-state index in [1.807, 2.05) is 0 Å². The van der Waals surface area contributed by atoms with Crippen molar-refractivity contribution in [3.05, 3.63) is 29.8 Å². The molecule has 0 aliphatic heterocycles. The summed E-state index contributed by atoms with van der Waals surface area (Å²) in [5, 5.41) is 0. The van der Waals surface area contributed by atoms with E-state index in [2.05, 4.69) is 43.1 Å². The minimum Gasteiger partial charge on any atom is -0.399 e. The van der Waals surface area contributed by atoms with E-state index in [1.165, 1.54) is 50.6 Å². The molecule has 110 valence electrons. The molecule has 2 heteroatoms. The lowest BCUT2D eigenvalue weighted by Gasteiger charge is -2.38. The summed E-state index contributed by atoms with van der Waals surface area (Å²) in [6.45, 7) is 3.65. The first-order valence-electron chi connectivity index (χ1n) is 8.17. The van der Waals surface area contributed by atoms with Gasteiger partial charge in [0, 0.05) is 23.7 Å². The zero-order valence-electron chi connectivity index (χ0n) is 12.9. The highest BCUT2D eigenvalue weighted by atomic mass is 15.1. The van der Waals surface area contributed by atoms with Gasteiger partial charge in [-0.3, -0.25) is 0 Å². The minimum atomic E-state index is 0.416. The first-order valence-corrected chi connectivity index (χ1v) is 8.17. The average molecular weight is 272 g/mol. The summed E-state index contributed by atoms with van der Waals surface area (Å²) in [6.07, 6.45) is 8.30. The van der Waals surface area contributed by atoms with Crippen molar-refractivity contribution in [1.82, 2.24) is 4.90 Å². The van der Waals surface area contributed by atoms with Crippen LogP contribution in [0.1, 0.15) is 51.0 Å². The van der Waals surface area contributed by atoms with Crippen molar-refractivity contribution in [3.8, 4) is 0 Å². The second-order valence-electron chi connectivity index (χ2n) is 7.15. The molecule has 0 heterocycles. The molecule has 0 spiro atoms. The van der Waals surface area contributed by atoms with Crippen LogP contribution in [0.15, 0.2) is 24.3 Å². The summed E-state index contributed by atoms with van der Waals surface area (Å²) in [7, 11) is 2.34. The van der Waals surface area contributed by atoms with Crippen LogP contribution in [0.4, 0.5) is 5.69 Å². The Balaban J connectivity index is 1.68. The molecule has 0 bridgehead atoms. The molecule has 0 amide bonds. The average Bonchev–Trinajstić information content (AvgIpc) is 3.20. The van der Waals surface area contributed by atoms with Gasteiger partial charge in [0.1, 0.15) is 0 Å². The van der Waals surface area contributed by atoms with Gasteiger partial charge in [-0.25, -0.2) is 0 Å². The smallest absolute Gasteiger partial charge is 0.0314 e. The Morgan fingerprint density at radius 1 is 1.15 bits per heavy atom. The predicted molar refractivity (Wildman–Crippen MR) is 85.8 cm³/mol. The zero-order valence-corrected chi connectivity index (χ0v) is 12.9. The van der Waals surface area contributed by atoms with Gasteiger partial charge in [-0.2, -0.15) is 0 Å². The van der Waals surface area contributed by atoms with E-state index in [0.29, 0.717) is 5.41 Å². The summed E-state index contributed by atoms with van der Waals surface area (Å²) in [4.78, 5) is 2.65. The van der Waals surface area contributed by atoms with Gasteiger partial charge in [0.2, 0.25) is 0 Å². The molecule has 2 nitrogen and oxygen atoms in total. The standard InChI is InChI=1S/C18H28N2/c1-14-5-3-4-6-17(14)20(2)13-18(11-12-18)15-7-9-16(19)10-8-15/h7-10,14,17H,3-6,11-13,19H2,1-2H3. The van der Waals surface area contributed by atoms with Crippen molar-refractivity contribution in [1.29, 1.82) is 0 Å². The molecule has 1 aromatic carbocycles. The maximum absolute atomic E-state index is 5.82. The third-order valence-electron chi connectivity index (χ3n) is 5.56. The number of nitrogens with zero attached hydrogens (tertiary/aromatic N) is 1. The van der Waals surface area contributed by atoms with E-state index in [9.17, 15) is 0 Å². The second kappa shape index (κ2) is 5.40. The molecular formula is C18H28N2. The maximum Gasteiger partial charge on any atom is 0.0314 e. The number of likely N-dealkylation sites (N-methyl/N-ethyl adjacent to an activating group) is 1. The molecule has 2 aliphatic rings. The van der Waals surface area contributed by atoms with Crippen LogP contribution in [0.3, 0.4) is 0 Å².